The average Bonchev–Trinajstić information content (AvgIpc) is 3.41. The molecule has 8 heteroatoms. The quantitative estimate of drug-likeness (QED) is 0.501. The minimum atomic E-state index is -0.0181. The molecule has 1 aliphatic rings. The Morgan fingerprint density at radius 2 is 2.07 bits per heavy atom. The molecule has 8 nitrogen and oxygen atoms in total. The van der Waals surface area contributed by atoms with Gasteiger partial charge in [0.15, 0.2) is 0 Å². The number of hydrogen-bond donors (Lipinski definition) is 1. The van der Waals surface area contributed by atoms with Crippen molar-refractivity contribution < 1.29 is 9.53 Å². The predicted molar refractivity (Wildman–Crippen MR) is 112 cm³/mol. The van der Waals surface area contributed by atoms with Crippen LogP contribution in [0.1, 0.15) is 29.9 Å². The molecule has 0 aliphatic carbocycles. The molecule has 1 N–H and O–H groups in total. The summed E-state index contributed by atoms with van der Waals surface area (Å²) in [6.07, 6.45) is 6.84. The van der Waals surface area contributed by atoms with Crippen molar-refractivity contribution in [3.63, 3.8) is 0 Å². The molecule has 0 fully saturated rings. The molecule has 1 unspecified atom stereocenters. The van der Waals surface area contributed by atoms with Crippen LogP contribution in [0.3, 0.4) is 0 Å². The van der Waals surface area contributed by atoms with Crippen molar-refractivity contribution in [3.05, 3.63) is 66.2 Å². The molecule has 3 heterocycles. The second-order valence-corrected chi connectivity index (χ2v) is 7.49. The number of nitrogens with zero attached hydrogens (tertiary/aromatic N) is 5. The first kappa shape index (κ1) is 18.4. The van der Waals surface area contributed by atoms with E-state index in [1.807, 2.05) is 54.5 Å². The molecule has 1 amide bonds. The Hall–Kier alpha value is -3.68. The zero-order chi connectivity index (χ0) is 20.5. The summed E-state index contributed by atoms with van der Waals surface area (Å²) in [7, 11) is 1.85. The molecule has 1 atom stereocenters. The van der Waals surface area contributed by atoms with Crippen molar-refractivity contribution in [2.24, 2.45) is 7.05 Å². The monoisotopic (exact) mass is 402 g/mol. The van der Waals surface area contributed by atoms with Gasteiger partial charge in [0.25, 0.3) is 0 Å². The van der Waals surface area contributed by atoms with Gasteiger partial charge in [-0.15, -0.1) is 5.10 Å². The number of amides is 1. The number of anilines is 1. The number of hydrogen-bond acceptors (Lipinski definition) is 5. The van der Waals surface area contributed by atoms with Crippen LogP contribution in [0.15, 0.2) is 55.1 Å². The van der Waals surface area contributed by atoms with Gasteiger partial charge in [0, 0.05) is 38.3 Å². The van der Waals surface area contributed by atoms with E-state index >= 15 is 0 Å². The number of fused-ring (bicyclic) bond motifs is 3. The number of imidazole rings is 1. The highest BCUT2D eigenvalue weighted by atomic mass is 16.5. The number of carbonyl (C=O) groups is 1. The Bertz CT molecular complexity index is 1180. The Morgan fingerprint density at radius 1 is 1.20 bits per heavy atom. The first-order chi connectivity index (χ1) is 14.7. The maximum atomic E-state index is 12.4. The van der Waals surface area contributed by atoms with Gasteiger partial charge >= 0.3 is 0 Å². The average molecular weight is 402 g/mol. The van der Waals surface area contributed by atoms with Crippen molar-refractivity contribution >= 4 is 22.6 Å². The second-order valence-electron chi connectivity index (χ2n) is 7.49. The van der Waals surface area contributed by atoms with Gasteiger partial charge in [-0.25, -0.2) is 9.67 Å². The fourth-order valence-corrected chi connectivity index (χ4v) is 3.98. The Kier molecular flexibility index (Phi) is 4.66. The SMILES string of the molecule is Cn1nnc2c3c(ccc21)C(c1ccc(OCCCn2ccnc2)cc1)CC(=O)N3. The molecule has 1 aliphatic heterocycles. The van der Waals surface area contributed by atoms with E-state index in [1.54, 1.807) is 10.9 Å². The molecule has 0 saturated carbocycles. The summed E-state index contributed by atoms with van der Waals surface area (Å²) >= 11 is 0. The predicted octanol–water partition coefficient (Wildman–Crippen LogP) is 3.11. The lowest BCUT2D eigenvalue weighted by Crippen LogP contribution is -2.23. The highest BCUT2D eigenvalue weighted by Gasteiger charge is 2.29. The normalized spacial score (nSPS) is 15.8. The van der Waals surface area contributed by atoms with E-state index in [4.69, 9.17) is 4.74 Å². The summed E-state index contributed by atoms with van der Waals surface area (Å²) in [6.45, 7) is 1.51. The van der Waals surface area contributed by atoms with E-state index in [-0.39, 0.29) is 11.8 Å². The molecule has 30 heavy (non-hydrogen) atoms. The van der Waals surface area contributed by atoms with Gasteiger partial charge < -0.3 is 14.6 Å². The summed E-state index contributed by atoms with van der Waals surface area (Å²) in [5.41, 5.74) is 4.54. The Balaban J connectivity index is 1.32. The summed E-state index contributed by atoms with van der Waals surface area (Å²) in [4.78, 5) is 16.4. The third-order valence-corrected chi connectivity index (χ3v) is 5.52. The Labute approximate surface area is 173 Å². The Morgan fingerprint density at radius 3 is 2.87 bits per heavy atom. The van der Waals surface area contributed by atoms with Crippen molar-refractivity contribution in [3.8, 4) is 5.75 Å². The lowest BCUT2D eigenvalue weighted by molar-refractivity contribution is -0.116. The van der Waals surface area contributed by atoms with Crippen LogP contribution in [0.2, 0.25) is 0 Å². The zero-order valence-corrected chi connectivity index (χ0v) is 16.7. The van der Waals surface area contributed by atoms with E-state index in [2.05, 4.69) is 26.7 Å². The molecule has 0 spiro atoms. The topological polar surface area (TPSA) is 86.9 Å². The van der Waals surface area contributed by atoms with Crippen molar-refractivity contribution in [2.75, 3.05) is 11.9 Å². The number of rotatable bonds is 6. The summed E-state index contributed by atoms with van der Waals surface area (Å²) < 4.78 is 9.61. The lowest BCUT2D eigenvalue weighted by Gasteiger charge is -2.26. The smallest absolute Gasteiger partial charge is 0.225 e. The molecular formula is C22H22N6O2. The fourth-order valence-electron chi connectivity index (χ4n) is 3.98. The fraction of sp³-hybridized carbons (Fsp3) is 0.273. The van der Waals surface area contributed by atoms with E-state index in [9.17, 15) is 4.79 Å². The van der Waals surface area contributed by atoms with Gasteiger partial charge in [0.1, 0.15) is 11.3 Å². The third kappa shape index (κ3) is 3.41. The van der Waals surface area contributed by atoms with Crippen LogP contribution >= 0.6 is 0 Å². The van der Waals surface area contributed by atoms with E-state index < -0.39 is 0 Å². The number of aryl methyl sites for hydroxylation is 2. The van der Waals surface area contributed by atoms with Gasteiger partial charge in [0.05, 0.1) is 24.1 Å². The standard InChI is InChI=1S/C22H22N6O2/c1-27-19-8-7-17-18(13-20(29)24-21(17)22(19)25-26-27)15-3-5-16(6-4-15)30-12-2-10-28-11-9-23-14-28/h3-9,11,14,18H,2,10,12-13H2,1H3,(H,24,29). The van der Waals surface area contributed by atoms with Crippen LogP contribution in [-0.2, 0) is 18.4 Å². The van der Waals surface area contributed by atoms with Crippen molar-refractivity contribution in [1.29, 1.82) is 0 Å². The molecular weight excluding hydrogens is 380 g/mol. The molecule has 5 rings (SSSR count). The van der Waals surface area contributed by atoms with Crippen LogP contribution in [0, 0.1) is 0 Å². The maximum absolute atomic E-state index is 12.4. The summed E-state index contributed by atoms with van der Waals surface area (Å²) in [5.74, 6) is 0.801. The van der Waals surface area contributed by atoms with Crippen molar-refractivity contribution in [1.82, 2.24) is 24.5 Å². The largest absolute Gasteiger partial charge is 0.494 e. The lowest BCUT2D eigenvalue weighted by atomic mass is 9.84. The first-order valence-electron chi connectivity index (χ1n) is 9.99. The number of ether oxygens (including phenoxy) is 1. The highest BCUT2D eigenvalue weighted by Crippen LogP contribution is 2.40. The van der Waals surface area contributed by atoms with Gasteiger partial charge in [-0.2, -0.15) is 0 Å². The van der Waals surface area contributed by atoms with Crippen LogP contribution in [0.5, 0.6) is 5.75 Å². The van der Waals surface area contributed by atoms with Gasteiger partial charge in [-0.3, -0.25) is 4.79 Å². The molecule has 152 valence electrons. The molecule has 0 radical (unpaired) electrons. The first-order valence-corrected chi connectivity index (χ1v) is 9.99. The number of nitrogens with one attached hydrogen (secondary N) is 1. The minimum Gasteiger partial charge on any atom is -0.494 e. The molecule has 2 aromatic heterocycles. The van der Waals surface area contributed by atoms with E-state index in [0.717, 1.165) is 46.6 Å². The number of carbonyl (C=O) groups excluding carboxylic acids is 1. The van der Waals surface area contributed by atoms with Gasteiger partial charge in [-0.1, -0.05) is 23.4 Å². The number of aromatic nitrogens is 5. The highest BCUT2D eigenvalue weighted by molar-refractivity contribution is 6.03. The molecule has 4 aromatic rings. The van der Waals surface area contributed by atoms with Crippen LogP contribution in [0.4, 0.5) is 5.69 Å². The summed E-state index contributed by atoms with van der Waals surface area (Å²) in [6, 6.07) is 12.1. The minimum absolute atomic E-state index is 0.00881. The summed E-state index contributed by atoms with van der Waals surface area (Å²) in [5, 5.41) is 11.3. The van der Waals surface area contributed by atoms with Crippen LogP contribution in [0.25, 0.3) is 11.0 Å². The van der Waals surface area contributed by atoms with E-state index in [0.29, 0.717) is 13.0 Å². The van der Waals surface area contributed by atoms with Crippen LogP contribution in [-0.4, -0.2) is 37.1 Å². The molecule has 2 aromatic carbocycles. The third-order valence-electron chi connectivity index (χ3n) is 5.52. The van der Waals surface area contributed by atoms with Crippen LogP contribution < -0.4 is 10.1 Å². The second kappa shape index (κ2) is 7.62. The van der Waals surface area contributed by atoms with Gasteiger partial charge in [0.2, 0.25) is 5.91 Å². The maximum Gasteiger partial charge on any atom is 0.225 e. The van der Waals surface area contributed by atoms with Gasteiger partial charge in [-0.05, 0) is 35.7 Å². The van der Waals surface area contributed by atoms with Crippen molar-refractivity contribution in [2.45, 2.75) is 25.3 Å². The number of benzene rings is 2. The molecule has 0 saturated heterocycles. The van der Waals surface area contributed by atoms with E-state index in [1.165, 1.54) is 0 Å². The molecule has 0 bridgehead atoms. The zero-order valence-electron chi connectivity index (χ0n) is 16.7.